The molecule has 0 spiro atoms. The minimum atomic E-state index is -0.607. The zero-order valence-corrected chi connectivity index (χ0v) is 12.4. The average Bonchev–Trinajstić information content (AvgIpc) is 2.98. The van der Waals surface area contributed by atoms with Crippen molar-refractivity contribution in [3.63, 3.8) is 0 Å². The number of hydrogen-bond acceptors (Lipinski definition) is 5. The standard InChI is InChI=1S/C13H16ClN5O2/c1-8(2)12(20)6-15-13(21)10-5-9(14)3-4-11(10)19-7-16-17-18-19/h3-5,7-8,12,20H,6H2,1-2H3,(H,15,21). The average molecular weight is 310 g/mol. The molecule has 2 N–H and O–H groups in total. The van der Waals surface area contributed by atoms with Gasteiger partial charge in [-0.25, -0.2) is 0 Å². The molecule has 0 aliphatic carbocycles. The van der Waals surface area contributed by atoms with E-state index < -0.39 is 6.10 Å². The van der Waals surface area contributed by atoms with E-state index in [1.807, 2.05) is 13.8 Å². The first-order valence-electron chi connectivity index (χ1n) is 6.48. The maximum atomic E-state index is 12.3. The number of halogens is 1. The number of tetrazole rings is 1. The Balaban J connectivity index is 2.22. The summed E-state index contributed by atoms with van der Waals surface area (Å²) >= 11 is 5.95. The molecule has 8 heteroatoms. The molecular weight excluding hydrogens is 294 g/mol. The summed E-state index contributed by atoms with van der Waals surface area (Å²) in [5, 5.41) is 23.7. The number of hydrogen-bond donors (Lipinski definition) is 2. The van der Waals surface area contributed by atoms with E-state index in [9.17, 15) is 9.90 Å². The molecule has 21 heavy (non-hydrogen) atoms. The van der Waals surface area contributed by atoms with Crippen LogP contribution in [0.3, 0.4) is 0 Å². The van der Waals surface area contributed by atoms with Crippen LogP contribution in [0.25, 0.3) is 5.69 Å². The predicted molar refractivity (Wildman–Crippen MR) is 77.3 cm³/mol. The summed E-state index contributed by atoms with van der Waals surface area (Å²) in [7, 11) is 0. The van der Waals surface area contributed by atoms with Crippen molar-refractivity contribution in [1.29, 1.82) is 0 Å². The van der Waals surface area contributed by atoms with E-state index in [4.69, 9.17) is 11.6 Å². The van der Waals surface area contributed by atoms with E-state index in [0.29, 0.717) is 16.3 Å². The molecule has 2 rings (SSSR count). The molecule has 0 saturated carbocycles. The van der Waals surface area contributed by atoms with Crippen molar-refractivity contribution in [2.24, 2.45) is 5.92 Å². The van der Waals surface area contributed by atoms with Gasteiger partial charge in [-0.1, -0.05) is 25.4 Å². The smallest absolute Gasteiger partial charge is 0.253 e. The van der Waals surface area contributed by atoms with Crippen molar-refractivity contribution in [2.75, 3.05) is 6.54 Å². The SMILES string of the molecule is CC(C)C(O)CNC(=O)c1cc(Cl)ccc1-n1cnnn1. The van der Waals surface area contributed by atoms with Crippen LogP contribution in [0.2, 0.25) is 5.02 Å². The van der Waals surface area contributed by atoms with Crippen LogP contribution in [-0.2, 0) is 0 Å². The number of amides is 1. The number of benzene rings is 1. The van der Waals surface area contributed by atoms with E-state index in [-0.39, 0.29) is 18.4 Å². The van der Waals surface area contributed by atoms with Crippen LogP contribution < -0.4 is 5.32 Å². The maximum Gasteiger partial charge on any atom is 0.253 e. The van der Waals surface area contributed by atoms with Gasteiger partial charge in [0.25, 0.3) is 5.91 Å². The van der Waals surface area contributed by atoms with Gasteiger partial charge in [0.15, 0.2) is 0 Å². The van der Waals surface area contributed by atoms with Gasteiger partial charge >= 0.3 is 0 Å². The maximum absolute atomic E-state index is 12.3. The van der Waals surface area contributed by atoms with E-state index in [0.717, 1.165) is 0 Å². The number of aliphatic hydroxyl groups is 1. The van der Waals surface area contributed by atoms with Crippen LogP contribution in [0, 0.1) is 5.92 Å². The molecule has 2 aromatic rings. The van der Waals surface area contributed by atoms with Crippen molar-refractivity contribution >= 4 is 17.5 Å². The summed E-state index contributed by atoms with van der Waals surface area (Å²) in [5.74, 6) is -0.286. The first kappa shape index (κ1) is 15.4. The molecule has 1 heterocycles. The van der Waals surface area contributed by atoms with Crippen LogP contribution in [0.1, 0.15) is 24.2 Å². The molecule has 1 aromatic heterocycles. The fraction of sp³-hybridized carbons (Fsp3) is 0.385. The number of nitrogens with one attached hydrogen (secondary N) is 1. The number of rotatable bonds is 5. The van der Waals surface area contributed by atoms with Crippen molar-refractivity contribution in [2.45, 2.75) is 20.0 Å². The Morgan fingerprint density at radius 1 is 1.48 bits per heavy atom. The third-order valence-electron chi connectivity index (χ3n) is 3.04. The zero-order valence-electron chi connectivity index (χ0n) is 11.7. The second kappa shape index (κ2) is 6.64. The molecule has 0 bridgehead atoms. The Hall–Kier alpha value is -1.99. The lowest BCUT2D eigenvalue weighted by Crippen LogP contribution is -2.35. The molecule has 0 fully saturated rings. The highest BCUT2D eigenvalue weighted by Crippen LogP contribution is 2.19. The monoisotopic (exact) mass is 309 g/mol. The third-order valence-corrected chi connectivity index (χ3v) is 3.28. The molecule has 7 nitrogen and oxygen atoms in total. The van der Waals surface area contributed by atoms with Crippen LogP contribution in [-0.4, -0.2) is 43.9 Å². The summed E-state index contributed by atoms with van der Waals surface area (Å²) in [6.07, 6.45) is 0.785. The largest absolute Gasteiger partial charge is 0.391 e. The fourth-order valence-electron chi connectivity index (χ4n) is 1.69. The zero-order chi connectivity index (χ0) is 15.4. The van der Waals surface area contributed by atoms with Crippen molar-refractivity contribution in [3.05, 3.63) is 35.1 Å². The molecule has 112 valence electrons. The van der Waals surface area contributed by atoms with Gasteiger partial charge < -0.3 is 10.4 Å². The highest BCUT2D eigenvalue weighted by Gasteiger charge is 2.16. The van der Waals surface area contributed by atoms with Crippen molar-refractivity contribution in [3.8, 4) is 5.69 Å². The Labute approximate surface area is 126 Å². The van der Waals surface area contributed by atoms with Gasteiger partial charge in [0.1, 0.15) is 6.33 Å². The molecule has 0 aliphatic rings. The summed E-state index contributed by atoms with van der Waals surface area (Å²) in [5.41, 5.74) is 0.853. The number of aliphatic hydroxyl groups excluding tert-OH is 1. The normalized spacial score (nSPS) is 12.4. The molecule has 0 aliphatic heterocycles. The minimum Gasteiger partial charge on any atom is -0.391 e. The highest BCUT2D eigenvalue weighted by molar-refractivity contribution is 6.31. The highest BCUT2D eigenvalue weighted by atomic mass is 35.5. The third kappa shape index (κ3) is 3.77. The topological polar surface area (TPSA) is 92.9 Å². The van der Waals surface area contributed by atoms with Crippen LogP contribution in [0.15, 0.2) is 24.5 Å². The number of carbonyl (C=O) groups is 1. The lowest BCUT2D eigenvalue weighted by Gasteiger charge is -2.16. The van der Waals surface area contributed by atoms with Crippen LogP contribution in [0.5, 0.6) is 0 Å². The van der Waals surface area contributed by atoms with Gasteiger partial charge in [0, 0.05) is 11.6 Å². The first-order valence-corrected chi connectivity index (χ1v) is 6.86. The molecule has 0 radical (unpaired) electrons. The van der Waals surface area contributed by atoms with Crippen molar-refractivity contribution < 1.29 is 9.90 Å². The lowest BCUT2D eigenvalue weighted by molar-refractivity contribution is 0.0871. The van der Waals surface area contributed by atoms with Crippen molar-refractivity contribution in [1.82, 2.24) is 25.5 Å². The van der Waals surface area contributed by atoms with E-state index in [1.165, 1.54) is 17.1 Å². The Bertz CT molecular complexity index is 615. The summed E-state index contributed by atoms with van der Waals surface area (Å²) in [4.78, 5) is 12.3. The van der Waals surface area contributed by atoms with Gasteiger partial charge in [0.2, 0.25) is 0 Å². The Morgan fingerprint density at radius 3 is 2.86 bits per heavy atom. The van der Waals surface area contributed by atoms with E-state index in [1.54, 1.807) is 12.1 Å². The minimum absolute atomic E-state index is 0.0589. The van der Waals surface area contributed by atoms with Gasteiger partial charge in [-0.15, -0.1) is 5.10 Å². The molecule has 1 unspecified atom stereocenters. The number of nitrogens with zero attached hydrogens (tertiary/aromatic N) is 4. The molecule has 1 amide bonds. The predicted octanol–water partition coefficient (Wildman–Crippen LogP) is 1.06. The number of carbonyl (C=O) groups excluding carboxylic acids is 1. The molecular formula is C13H16ClN5O2. The fourth-order valence-corrected chi connectivity index (χ4v) is 1.86. The van der Waals surface area contributed by atoms with E-state index in [2.05, 4.69) is 20.8 Å². The molecule has 0 saturated heterocycles. The lowest BCUT2D eigenvalue weighted by atomic mass is 10.1. The van der Waals surface area contributed by atoms with Crippen LogP contribution in [0.4, 0.5) is 0 Å². The molecule has 1 atom stereocenters. The first-order chi connectivity index (χ1) is 9.99. The Kier molecular flexibility index (Phi) is 4.87. The molecule has 1 aromatic carbocycles. The van der Waals surface area contributed by atoms with Gasteiger partial charge in [-0.05, 0) is 34.5 Å². The Morgan fingerprint density at radius 2 is 2.24 bits per heavy atom. The van der Waals surface area contributed by atoms with Gasteiger partial charge in [0.05, 0.1) is 17.4 Å². The quantitative estimate of drug-likeness (QED) is 0.861. The summed E-state index contributed by atoms with van der Waals surface area (Å²) in [6, 6.07) is 4.85. The second-order valence-electron chi connectivity index (χ2n) is 4.94. The van der Waals surface area contributed by atoms with Gasteiger partial charge in [-0.2, -0.15) is 4.68 Å². The number of aromatic nitrogens is 4. The van der Waals surface area contributed by atoms with E-state index >= 15 is 0 Å². The summed E-state index contributed by atoms with van der Waals surface area (Å²) in [6.45, 7) is 3.92. The van der Waals surface area contributed by atoms with Gasteiger partial charge in [-0.3, -0.25) is 4.79 Å². The van der Waals surface area contributed by atoms with Crippen LogP contribution >= 0.6 is 11.6 Å². The second-order valence-corrected chi connectivity index (χ2v) is 5.37. The summed E-state index contributed by atoms with van der Waals surface area (Å²) < 4.78 is 1.38.